The van der Waals surface area contributed by atoms with Crippen LogP contribution in [-0.2, 0) is 0 Å². The monoisotopic (exact) mass is 414 g/mol. The first-order valence-corrected chi connectivity index (χ1v) is 12.1. The van der Waals surface area contributed by atoms with Gasteiger partial charge in [0.15, 0.2) is 0 Å². The van der Waals surface area contributed by atoms with Gasteiger partial charge in [-0.25, -0.2) is 8.78 Å². The molecule has 0 unspecified atom stereocenters. The van der Waals surface area contributed by atoms with E-state index in [1.54, 1.807) is 0 Å². The van der Waals surface area contributed by atoms with Crippen molar-refractivity contribution in [3.05, 3.63) is 53.6 Å². The highest BCUT2D eigenvalue weighted by Gasteiger charge is 2.31. The average Bonchev–Trinajstić information content (AvgIpc) is 2.62. The second kappa shape index (κ2) is 8.63. The molecule has 1 aliphatic rings. The third-order valence-electron chi connectivity index (χ3n) is 5.46. The zero-order valence-corrected chi connectivity index (χ0v) is 16.8. The molecule has 1 aliphatic heterocycles. The van der Waals surface area contributed by atoms with E-state index in [0.29, 0.717) is 5.56 Å². The minimum absolute atomic E-state index is 0.176. The predicted octanol–water partition coefficient (Wildman–Crippen LogP) is 7.04. The standard InChI is InChI=1S/C21H23F5OSi/c1-2-9-28-10-7-14(8-11-28)16-12-18(22)20(19(23)13-16)15-3-5-17(6-4-15)27-21(24,25)26/h3-6,12-14,28H,2,7-11H2,1H3/t14-,28-. The van der Waals surface area contributed by atoms with E-state index in [2.05, 4.69) is 11.7 Å². The lowest BCUT2D eigenvalue weighted by Gasteiger charge is -2.28. The molecule has 0 aliphatic carbocycles. The first kappa shape index (κ1) is 20.8. The van der Waals surface area contributed by atoms with E-state index in [9.17, 15) is 22.0 Å². The largest absolute Gasteiger partial charge is 0.573 e. The molecule has 0 radical (unpaired) electrons. The molecule has 1 heterocycles. The minimum Gasteiger partial charge on any atom is -0.406 e. The summed E-state index contributed by atoms with van der Waals surface area (Å²) in [5, 5.41) is 0. The Hall–Kier alpha value is -1.89. The van der Waals surface area contributed by atoms with Gasteiger partial charge in [-0.15, -0.1) is 13.2 Å². The van der Waals surface area contributed by atoms with Crippen LogP contribution in [0, 0.1) is 11.6 Å². The van der Waals surface area contributed by atoms with Gasteiger partial charge in [0.25, 0.3) is 0 Å². The summed E-state index contributed by atoms with van der Waals surface area (Å²) in [5.41, 5.74) is 0.631. The summed E-state index contributed by atoms with van der Waals surface area (Å²) in [4.78, 5) is 0. The van der Waals surface area contributed by atoms with E-state index in [-0.39, 0.29) is 17.0 Å². The number of rotatable bonds is 5. The van der Waals surface area contributed by atoms with Crippen molar-refractivity contribution < 1.29 is 26.7 Å². The van der Waals surface area contributed by atoms with E-state index < -0.39 is 32.5 Å². The zero-order chi connectivity index (χ0) is 20.3. The molecule has 7 heteroatoms. The maximum absolute atomic E-state index is 14.7. The van der Waals surface area contributed by atoms with E-state index in [1.165, 1.54) is 48.8 Å². The molecule has 3 rings (SSSR count). The summed E-state index contributed by atoms with van der Waals surface area (Å²) in [6, 6.07) is 11.1. The summed E-state index contributed by atoms with van der Waals surface area (Å²) in [7, 11) is -0.672. The number of alkyl halides is 3. The Morgan fingerprint density at radius 2 is 1.57 bits per heavy atom. The lowest BCUT2D eigenvalue weighted by Crippen LogP contribution is -2.20. The fourth-order valence-electron chi connectivity index (χ4n) is 4.12. The lowest BCUT2D eigenvalue weighted by atomic mass is 9.91. The second-order valence-corrected chi connectivity index (χ2v) is 10.9. The van der Waals surface area contributed by atoms with Gasteiger partial charge in [0, 0.05) is 8.80 Å². The predicted molar refractivity (Wildman–Crippen MR) is 102 cm³/mol. The van der Waals surface area contributed by atoms with Crippen LogP contribution < -0.4 is 4.74 Å². The van der Waals surface area contributed by atoms with Gasteiger partial charge >= 0.3 is 6.36 Å². The van der Waals surface area contributed by atoms with Crippen molar-refractivity contribution in [2.75, 3.05) is 0 Å². The first-order valence-electron chi connectivity index (χ1n) is 9.62. The van der Waals surface area contributed by atoms with Crippen molar-refractivity contribution in [2.45, 2.75) is 56.6 Å². The summed E-state index contributed by atoms with van der Waals surface area (Å²) in [6.45, 7) is 2.20. The fourth-order valence-corrected chi connectivity index (χ4v) is 7.55. The van der Waals surface area contributed by atoms with Crippen molar-refractivity contribution in [3.63, 3.8) is 0 Å². The fraction of sp³-hybridized carbons (Fsp3) is 0.429. The smallest absolute Gasteiger partial charge is 0.406 e. The van der Waals surface area contributed by atoms with Crippen LogP contribution in [0.2, 0.25) is 18.1 Å². The Kier molecular flexibility index (Phi) is 6.42. The van der Waals surface area contributed by atoms with Gasteiger partial charge in [-0.05, 0) is 54.2 Å². The number of hydrogen-bond acceptors (Lipinski definition) is 1. The van der Waals surface area contributed by atoms with Crippen LogP contribution in [0.3, 0.4) is 0 Å². The summed E-state index contributed by atoms with van der Waals surface area (Å²) in [6.07, 6.45) is -1.62. The Labute approximate surface area is 163 Å². The minimum atomic E-state index is -4.81. The van der Waals surface area contributed by atoms with Crippen LogP contribution in [-0.4, -0.2) is 15.2 Å². The molecule has 0 N–H and O–H groups in total. The van der Waals surface area contributed by atoms with Crippen LogP contribution in [0.5, 0.6) is 5.75 Å². The Morgan fingerprint density at radius 3 is 2.07 bits per heavy atom. The zero-order valence-electron chi connectivity index (χ0n) is 15.7. The normalized spacial score (nSPS) is 20.2. The van der Waals surface area contributed by atoms with Crippen LogP contribution in [0.4, 0.5) is 22.0 Å². The molecule has 2 aromatic carbocycles. The van der Waals surface area contributed by atoms with Crippen molar-refractivity contribution in [3.8, 4) is 16.9 Å². The van der Waals surface area contributed by atoms with Gasteiger partial charge in [0.2, 0.25) is 0 Å². The highest BCUT2D eigenvalue weighted by atomic mass is 28.3. The van der Waals surface area contributed by atoms with Crippen molar-refractivity contribution in [2.24, 2.45) is 0 Å². The quantitative estimate of drug-likeness (QED) is 0.376. The highest BCUT2D eigenvalue weighted by Crippen LogP contribution is 2.38. The van der Waals surface area contributed by atoms with Crippen LogP contribution in [0.25, 0.3) is 11.1 Å². The Bertz CT molecular complexity index is 772. The van der Waals surface area contributed by atoms with Crippen LogP contribution in [0.1, 0.15) is 37.7 Å². The van der Waals surface area contributed by atoms with E-state index in [4.69, 9.17) is 0 Å². The molecule has 0 saturated carbocycles. The average molecular weight is 414 g/mol. The Balaban J connectivity index is 1.77. The van der Waals surface area contributed by atoms with Gasteiger partial charge < -0.3 is 4.74 Å². The molecule has 0 bridgehead atoms. The van der Waals surface area contributed by atoms with Crippen LogP contribution in [0.15, 0.2) is 36.4 Å². The molecule has 0 spiro atoms. The maximum Gasteiger partial charge on any atom is 0.573 e. The second-order valence-electron chi connectivity index (χ2n) is 7.44. The number of halogens is 5. The first-order chi connectivity index (χ1) is 13.3. The van der Waals surface area contributed by atoms with E-state index >= 15 is 0 Å². The number of hydrogen-bond donors (Lipinski definition) is 0. The molecule has 2 aromatic rings. The van der Waals surface area contributed by atoms with Crippen molar-refractivity contribution >= 4 is 8.80 Å². The molecule has 0 amide bonds. The number of benzene rings is 2. The highest BCUT2D eigenvalue weighted by molar-refractivity contribution is 6.59. The van der Waals surface area contributed by atoms with Gasteiger partial charge in [0.1, 0.15) is 17.4 Å². The molecular formula is C21H23F5OSi. The Morgan fingerprint density at radius 1 is 1.00 bits per heavy atom. The van der Waals surface area contributed by atoms with Gasteiger partial charge in [-0.3, -0.25) is 0 Å². The third-order valence-corrected chi connectivity index (χ3v) is 9.15. The molecule has 0 aromatic heterocycles. The van der Waals surface area contributed by atoms with Gasteiger partial charge in [-0.1, -0.05) is 43.6 Å². The van der Waals surface area contributed by atoms with E-state index in [1.807, 2.05) is 0 Å². The van der Waals surface area contributed by atoms with Gasteiger partial charge in [0.05, 0.1) is 5.56 Å². The van der Waals surface area contributed by atoms with Crippen LogP contribution >= 0.6 is 0 Å². The SMILES string of the molecule is CCC[Si@H]1CC[C@H](c2cc(F)c(-c3ccc(OC(F)(F)F)cc3)c(F)c2)CC1. The molecule has 1 nitrogen and oxygen atoms in total. The molecule has 1 fully saturated rings. The molecule has 28 heavy (non-hydrogen) atoms. The van der Waals surface area contributed by atoms with Crippen molar-refractivity contribution in [1.29, 1.82) is 0 Å². The topological polar surface area (TPSA) is 9.23 Å². The summed E-state index contributed by atoms with van der Waals surface area (Å²) >= 11 is 0. The third kappa shape index (κ3) is 5.13. The van der Waals surface area contributed by atoms with Crippen molar-refractivity contribution in [1.82, 2.24) is 0 Å². The van der Waals surface area contributed by atoms with E-state index in [0.717, 1.165) is 25.0 Å². The molecular weight excluding hydrogens is 391 g/mol. The molecule has 0 atom stereocenters. The van der Waals surface area contributed by atoms with Gasteiger partial charge in [-0.2, -0.15) is 0 Å². The number of ether oxygens (including phenoxy) is 1. The molecule has 152 valence electrons. The lowest BCUT2D eigenvalue weighted by molar-refractivity contribution is -0.274. The molecule has 1 saturated heterocycles. The maximum atomic E-state index is 14.7. The summed E-state index contributed by atoms with van der Waals surface area (Å²) < 4.78 is 69.9. The summed E-state index contributed by atoms with van der Waals surface area (Å²) in [5.74, 6) is -1.62.